The van der Waals surface area contributed by atoms with Gasteiger partial charge in [0.15, 0.2) is 11.3 Å². The molecule has 30 heavy (non-hydrogen) atoms. The minimum Gasteiger partial charge on any atom is -0.384 e. The lowest BCUT2D eigenvalue weighted by Gasteiger charge is -2.14. The molecule has 0 spiro atoms. The Morgan fingerprint density at radius 2 is 1.90 bits per heavy atom. The molecule has 0 aliphatic carbocycles. The number of hydrogen-bond donors (Lipinski definition) is 2. The number of alkyl halides is 3. The number of nitrogens with zero attached hydrogens (tertiary/aromatic N) is 4. The zero-order valence-electron chi connectivity index (χ0n) is 15.6. The van der Waals surface area contributed by atoms with Gasteiger partial charge in [0.2, 0.25) is 0 Å². The van der Waals surface area contributed by atoms with Crippen LogP contribution in [-0.4, -0.2) is 25.5 Å². The Balaban J connectivity index is 1.80. The van der Waals surface area contributed by atoms with Crippen LogP contribution in [0.1, 0.15) is 21.6 Å². The van der Waals surface area contributed by atoms with E-state index in [9.17, 15) is 18.0 Å². The zero-order valence-corrected chi connectivity index (χ0v) is 15.6. The number of nitrogens with one attached hydrogen (secondary N) is 1. The number of carbonyl (C=O) groups is 1. The van der Waals surface area contributed by atoms with Crippen LogP contribution in [0.5, 0.6) is 0 Å². The highest BCUT2D eigenvalue weighted by Crippen LogP contribution is 2.37. The standard InChI is InChI=1S/C20H15F3N6O/c1-11-8-17-26-10-15(19(30)27-12-6-7-25-16(24)9-12)29(17)28-18(11)13-4-2-3-5-14(13)20(21,22)23/h2-10H,1H3,(H3,24,25,27,30). The Hall–Kier alpha value is -3.95. The predicted octanol–water partition coefficient (Wildman–Crippen LogP) is 3.95. The van der Waals surface area contributed by atoms with Crippen molar-refractivity contribution in [2.24, 2.45) is 0 Å². The van der Waals surface area contributed by atoms with Gasteiger partial charge in [-0.2, -0.15) is 18.3 Å². The second-order valence-electron chi connectivity index (χ2n) is 6.56. The van der Waals surface area contributed by atoms with Crippen LogP contribution in [0.4, 0.5) is 24.7 Å². The molecule has 152 valence electrons. The van der Waals surface area contributed by atoms with Crippen LogP contribution >= 0.6 is 0 Å². The van der Waals surface area contributed by atoms with Crippen LogP contribution in [0, 0.1) is 6.92 Å². The van der Waals surface area contributed by atoms with Crippen molar-refractivity contribution in [2.75, 3.05) is 11.1 Å². The van der Waals surface area contributed by atoms with E-state index >= 15 is 0 Å². The number of fused-ring (bicyclic) bond motifs is 1. The first-order valence-electron chi connectivity index (χ1n) is 8.79. The summed E-state index contributed by atoms with van der Waals surface area (Å²) in [4.78, 5) is 20.7. The SMILES string of the molecule is Cc1cc2ncc(C(=O)Nc3ccnc(N)c3)n2nc1-c1ccccc1C(F)(F)F. The minimum atomic E-state index is -4.55. The van der Waals surface area contributed by atoms with E-state index in [4.69, 9.17) is 5.73 Å². The average molecular weight is 412 g/mol. The third-order valence-corrected chi connectivity index (χ3v) is 4.44. The lowest BCUT2D eigenvalue weighted by molar-refractivity contribution is -0.137. The summed E-state index contributed by atoms with van der Waals surface area (Å²) >= 11 is 0. The van der Waals surface area contributed by atoms with E-state index in [0.717, 1.165) is 6.07 Å². The van der Waals surface area contributed by atoms with Crippen molar-refractivity contribution < 1.29 is 18.0 Å². The fraction of sp³-hybridized carbons (Fsp3) is 0.100. The van der Waals surface area contributed by atoms with Crippen LogP contribution < -0.4 is 11.1 Å². The van der Waals surface area contributed by atoms with Gasteiger partial charge < -0.3 is 11.1 Å². The van der Waals surface area contributed by atoms with E-state index in [0.29, 0.717) is 16.9 Å². The van der Waals surface area contributed by atoms with Crippen molar-refractivity contribution in [1.82, 2.24) is 19.6 Å². The van der Waals surface area contributed by atoms with Crippen molar-refractivity contribution in [2.45, 2.75) is 13.1 Å². The summed E-state index contributed by atoms with van der Waals surface area (Å²) in [5.41, 5.74) is 6.14. The molecular weight excluding hydrogens is 397 g/mol. The second-order valence-corrected chi connectivity index (χ2v) is 6.56. The number of halogens is 3. The summed E-state index contributed by atoms with van der Waals surface area (Å²) in [6.07, 6.45) is -1.80. The topological polar surface area (TPSA) is 98.2 Å². The highest BCUT2D eigenvalue weighted by molar-refractivity contribution is 6.03. The van der Waals surface area contributed by atoms with Gasteiger partial charge >= 0.3 is 6.18 Å². The molecule has 4 rings (SSSR count). The molecule has 1 amide bonds. The number of imidazole rings is 1. The normalized spacial score (nSPS) is 11.6. The number of aryl methyl sites for hydroxylation is 1. The first-order chi connectivity index (χ1) is 14.2. The minimum absolute atomic E-state index is 0.0612. The Morgan fingerprint density at radius 1 is 1.13 bits per heavy atom. The number of pyridine rings is 1. The van der Waals surface area contributed by atoms with Gasteiger partial charge in [0.05, 0.1) is 17.5 Å². The molecular formula is C20H15F3N6O. The van der Waals surface area contributed by atoms with Crippen LogP contribution in [-0.2, 0) is 6.18 Å². The molecule has 0 aliphatic rings. The molecule has 3 heterocycles. The van der Waals surface area contributed by atoms with E-state index < -0.39 is 17.6 Å². The van der Waals surface area contributed by atoms with Gasteiger partial charge in [-0.1, -0.05) is 18.2 Å². The summed E-state index contributed by atoms with van der Waals surface area (Å²) in [7, 11) is 0. The fourth-order valence-corrected chi connectivity index (χ4v) is 3.08. The summed E-state index contributed by atoms with van der Waals surface area (Å²) in [5, 5.41) is 6.96. The quantitative estimate of drug-likeness (QED) is 0.531. The molecule has 10 heteroatoms. The lowest BCUT2D eigenvalue weighted by Crippen LogP contribution is -2.16. The molecule has 4 aromatic rings. The molecule has 0 atom stereocenters. The maximum atomic E-state index is 13.5. The predicted molar refractivity (Wildman–Crippen MR) is 105 cm³/mol. The Kier molecular flexibility index (Phi) is 4.61. The lowest BCUT2D eigenvalue weighted by atomic mass is 10.0. The highest BCUT2D eigenvalue weighted by atomic mass is 19.4. The monoisotopic (exact) mass is 412 g/mol. The molecule has 0 bridgehead atoms. The van der Waals surface area contributed by atoms with Crippen LogP contribution in [0.25, 0.3) is 16.9 Å². The third-order valence-electron chi connectivity index (χ3n) is 4.44. The first kappa shape index (κ1) is 19.4. The Morgan fingerprint density at radius 3 is 2.63 bits per heavy atom. The summed E-state index contributed by atoms with van der Waals surface area (Å²) < 4.78 is 41.6. The molecule has 0 aliphatic heterocycles. The number of aromatic nitrogens is 4. The number of benzene rings is 1. The smallest absolute Gasteiger partial charge is 0.384 e. The van der Waals surface area contributed by atoms with E-state index in [1.165, 1.54) is 41.2 Å². The van der Waals surface area contributed by atoms with Gasteiger partial charge in [-0.15, -0.1) is 0 Å². The van der Waals surface area contributed by atoms with Gasteiger partial charge in [-0.3, -0.25) is 4.79 Å². The molecule has 3 N–H and O–H groups in total. The van der Waals surface area contributed by atoms with Crippen LogP contribution in [0.3, 0.4) is 0 Å². The van der Waals surface area contributed by atoms with E-state index in [-0.39, 0.29) is 22.8 Å². The Bertz CT molecular complexity index is 1270. The summed E-state index contributed by atoms with van der Waals surface area (Å²) in [6.45, 7) is 1.64. The highest BCUT2D eigenvalue weighted by Gasteiger charge is 2.34. The molecule has 7 nitrogen and oxygen atoms in total. The maximum absolute atomic E-state index is 13.5. The van der Waals surface area contributed by atoms with Gasteiger partial charge in [-0.05, 0) is 30.7 Å². The molecule has 0 radical (unpaired) electrons. The van der Waals surface area contributed by atoms with Crippen molar-refractivity contribution in [3.63, 3.8) is 0 Å². The molecule has 0 saturated heterocycles. The van der Waals surface area contributed by atoms with Crippen molar-refractivity contribution in [3.8, 4) is 11.3 Å². The van der Waals surface area contributed by atoms with Crippen LogP contribution in [0.15, 0.2) is 54.9 Å². The number of carbonyl (C=O) groups excluding carboxylic acids is 1. The maximum Gasteiger partial charge on any atom is 0.417 e. The Labute approximate surface area is 168 Å². The van der Waals surface area contributed by atoms with E-state index in [2.05, 4.69) is 20.4 Å². The molecule has 1 aromatic carbocycles. The number of nitrogen functional groups attached to an aromatic ring is 1. The first-order valence-corrected chi connectivity index (χ1v) is 8.79. The second kappa shape index (κ2) is 7.14. The van der Waals surface area contributed by atoms with Crippen molar-refractivity contribution in [1.29, 1.82) is 0 Å². The van der Waals surface area contributed by atoms with Crippen LogP contribution in [0.2, 0.25) is 0 Å². The average Bonchev–Trinajstić information content (AvgIpc) is 3.09. The molecule has 0 unspecified atom stereocenters. The molecule has 0 saturated carbocycles. The zero-order chi connectivity index (χ0) is 21.5. The van der Waals surface area contributed by atoms with Crippen molar-refractivity contribution in [3.05, 3.63) is 71.7 Å². The van der Waals surface area contributed by atoms with Gasteiger partial charge in [-0.25, -0.2) is 14.5 Å². The number of anilines is 2. The van der Waals surface area contributed by atoms with Gasteiger partial charge in [0.25, 0.3) is 5.91 Å². The number of nitrogens with two attached hydrogens (primary N) is 1. The van der Waals surface area contributed by atoms with Gasteiger partial charge in [0.1, 0.15) is 5.82 Å². The largest absolute Gasteiger partial charge is 0.417 e. The third kappa shape index (κ3) is 3.54. The number of amides is 1. The number of hydrogen-bond acceptors (Lipinski definition) is 5. The number of rotatable bonds is 3. The fourth-order valence-electron chi connectivity index (χ4n) is 3.08. The van der Waals surface area contributed by atoms with Crippen molar-refractivity contribution >= 4 is 23.1 Å². The van der Waals surface area contributed by atoms with E-state index in [1.54, 1.807) is 19.1 Å². The van der Waals surface area contributed by atoms with Gasteiger partial charge in [0, 0.05) is 23.5 Å². The summed E-state index contributed by atoms with van der Waals surface area (Å²) in [5.74, 6) is -0.315. The summed E-state index contributed by atoms with van der Waals surface area (Å²) in [6, 6.07) is 9.78. The van der Waals surface area contributed by atoms with E-state index in [1.807, 2.05) is 0 Å². The molecule has 0 fully saturated rings. The molecule has 3 aromatic heterocycles.